The van der Waals surface area contributed by atoms with Crippen LogP contribution in [0.5, 0.6) is 0 Å². The fraction of sp³-hybridized carbons (Fsp3) is 0.259. The van der Waals surface area contributed by atoms with E-state index >= 15 is 0 Å². The molecule has 0 spiro atoms. The van der Waals surface area contributed by atoms with Gasteiger partial charge >= 0.3 is 0 Å². The number of piperidine rings is 1. The molecule has 2 aliphatic heterocycles. The average Bonchev–Trinajstić information content (AvgIpc) is 3.11. The summed E-state index contributed by atoms with van der Waals surface area (Å²) in [6.45, 7) is 6.04. The topological polar surface area (TPSA) is 108 Å². The SMILES string of the molecule is C=C1CCC(N2C(=O)C=C(Nc3cccc(CCC(=O)NCc4ccc(C)c(Cl)c4)c3)C2=O)C(=O)N1. The Hall–Kier alpha value is -3.91. The van der Waals surface area contributed by atoms with Gasteiger partial charge in [-0.1, -0.05) is 42.4 Å². The number of rotatable bonds is 8. The third-order valence-corrected chi connectivity index (χ3v) is 6.57. The second kappa shape index (κ2) is 10.8. The maximum atomic E-state index is 12.9. The first-order chi connectivity index (χ1) is 17.2. The molecule has 4 rings (SSSR count). The summed E-state index contributed by atoms with van der Waals surface area (Å²) in [7, 11) is 0. The van der Waals surface area contributed by atoms with Crippen LogP contribution in [0.3, 0.4) is 0 Å². The molecule has 0 bridgehead atoms. The van der Waals surface area contributed by atoms with Gasteiger partial charge in [-0.2, -0.15) is 0 Å². The molecule has 1 fully saturated rings. The molecule has 0 aromatic heterocycles. The maximum Gasteiger partial charge on any atom is 0.278 e. The third-order valence-electron chi connectivity index (χ3n) is 6.16. The summed E-state index contributed by atoms with van der Waals surface area (Å²) in [5.74, 6) is -1.58. The van der Waals surface area contributed by atoms with Gasteiger partial charge in [0.1, 0.15) is 11.7 Å². The number of halogens is 1. The Balaban J connectivity index is 1.31. The molecular weight excluding hydrogens is 480 g/mol. The molecule has 4 amide bonds. The zero-order valence-electron chi connectivity index (χ0n) is 19.9. The van der Waals surface area contributed by atoms with Crippen molar-refractivity contribution in [2.75, 3.05) is 5.32 Å². The highest BCUT2D eigenvalue weighted by molar-refractivity contribution is 6.31. The van der Waals surface area contributed by atoms with E-state index in [2.05, 4.69) is 22.5 Å². The fourth-order valence-corrected chi connectivity index (χ4v) is 4.33. The Morgan fingerprint density at radius 2 is 1.97 bits per heavy atom. The number of carbonyl (C=O) groups is 4. The highest BCUT2D eigenvalue weighted by Crippen LogP contribution is 2.24. The third kappa shape index (κ3) is 5.83. The number of amides is 4. The molecular formula is C27H27ClN4O4. The monoisotopic (exact) mass is 506 g/mol. The molecule has 0 aliphatic carbocycles. The molecule has 9 heteroatoms. The molecule has 1 unspecified atom stereocenters. The number of hydrogen-bond acceptors (Lipinski definition) is 5. The van der Waals surface area contributed by atoms with Crippen LogP contribution >= 0.6 is 11.6 Å². The standard InChI is InChI=1S/C27H27ClN4O4/c1-16-6-8-19(13-21(16)28)15-29-24(33)11-9-18-4-3-5-20(12-18)31-22-14-25(34)32(27(22)36)23-10-7-17(2)30-26(23)35/h3-6,8,12-14,23,31H,2,7,9-11,15H2,1H3,(H,29,33)(H,30,35). The lowest BCUT2D eigenvalue weighted by molar-refractivity contribution is -0.146. The van der Waals surface area contributed by atoms with Crippen LogP contribution < -0.4 is 16.0 Å². The van der Waals surface area contributed by atoms with E-state index in [4.69, 9.17) is 11.6 Å². The van der Waals surface area contributed by atoms with Crippen molar-refractivity contribution in [2.24, 2.45) is 0 Å². The highest BCUT2D eigenvalue weighted by Gasteiger charge is 2.41. The Labute approximate surface area is 214 Å². The normalized spacial score (nSPS) is 17.7. The molecule has 2 aliphatic rings. The fourth-order valence-electron chi connectivity index (χ4n) is 4.13. The first-order valence-corrected chi connectivity index (χ1v) is 12.0. The van der Waals surface area contributed by atoms with E-state index < -0.39 is 23.8 Å². The maximum absolute atomic E-state index is 12.9. The number of nitrogens with one attached hydrogen (secondary N) is 3. The van der Waals surface area contributed by atoms with Crippen molar-refractivity contribution in [3.63, 3.8) is 0 Å². The van der Waals surface area contributed by atoms with Crippen molar-refractivity contribution in [1.82, 2.24) is 15.5 Å². The summed E-state index contributed by atoms with van der Waals surface area (Å²) in [5, 5.41) is 9.15. The van der Waals surface area contributed by atoms with E-state index in [1.807, 2.05) is 43.3 Å². The van der Waals surface area contributed by atoms with Crippen molar-refractivity contribution >= 4 is 40.9 Å². The molecule has 0 saturated carbocycles. The second-order valence-corrected chi connectivity index (χ2v) is 9.31. The summed E-state index contributed by atoms with van der Waals surface area (Å²) in [6.07, 6.45) is 2.85. The van der Waals surface area contributed by atoms with Gasteiger partial charge in [0, 0.05) is 35.4 Å². The van der Waals surface area contributed by atoms with Gasteiger partial charge in [0.05, 0.1) is 0 Å². The van der Waals surface area contributed by atoms with Gasteiger partial charge in [-0.3, -0.25) is 24.1 Å². The van der Waals surface area contributed by atoms with E-state index in [0.29, 0.717) is 48.6 Å². The van der Waals surface area contributed by atoms with Crippen LogP contribution in [-0.2, 0) is 32.1 Å². The van der Waals surface area contributed by atoms with Crippen molar-refractivity contribution in [2.45, 2.75) is 45.2 Å². The van der Waals surface area contributed by atoms with E-state index in [1.54, 1.807) is 6.07 Å². The quantitative estimate of drug-likeness (QED) is 0.476. The Kier molecular flexibility index (Phi) is 7.55. The number of carbonyl (C=O) groups excluding carboxylic acids is 4. The van der Waals surface area contributed by atoms with E-state index in [-0.39, 0.29) is 11.6 Å². The summed E-state index contributed by atoms with van der Waals surface area (Å²) in [4.78, 5) is 51.0. The zero-order chi connectivity index (χ0) is 25.8. The molecule has 2 aromatic carbocycles. The van der Waals surface area contributed by atoms with Gasteiger partial charge < -0.3 is 16.0 Å². The predicted molar refractivity (Wildman–Crippen MR) is 137 cm³/mol. The molecule has 1 saturated heterocycles. The van der Waals surface area contributed by atoms with E-state index in [0.717, 1.165) is 21.6 Å². The smallest absolute Gasteiger partial charge is 0.278 e. The summed E-state index contributed by atoms with van der Waals surface area (Å²) in [5.41, 5.74) is 4.10. The first kappa shape index (κ1) is 25.2. The van der Waals surface area contributed by atoms with Gasteiger partial charge in [0.2, 0.25) is 11.8 Å². The molecule has 36 heavy (non-hydrogen) atoms. The Morgan fingerprint density at radius 3 is 2.72 bits per heavy atom. The minimum atomic E-state index is -0.855. The Bertz CT molecular complexity index is 1290. The number of allylic oxidation sites excluding steroid dienone is 1. The van der Waals surface area contributed by atoms with Crippen LogP contribution in [0, 0.1) is 6.92 Å². The average molecular weight is 507 g/mol. The number of aryl methyl sites for hydroxylation is 2. The van der Waals surface area contributed by atoms with Gasteiger partial charge in [0.15, 0.2) is 0 Å². The Morgan fingerprint density at radius 1 is 1.17 bits per heavy atom. The summed E-state index contributed by atoms with van der Waals surface area (Å²) < 4.78 is 0. The predicted octanol–water partition coefficient (Wildman–Crippen LogP) is 3.35. The molecule has 186 valence electrons. The summed E-state index contributed by atoms with van der Waals surface area (Å²) in [6, 6.07) is 12.1. The summed E-state index contributed by atoms with van der Waals surface area (Å²) >= 11 is 6.14. The van der Waals surface area contributed by atoms with Crippen LogP contribution in [0.4, 0.5) is 5.69 Å². The number of anilines is 1. The molecule has 1 atom stereocenters. The largest absolute Gasteiger partial charge is 0.352 e. The van der Waals surface area contributed by atoms with Gasteiger partial charge in [-0.15, -0.1) is 0 Å². The number of benzene rings is 2. The number of hydrogen-bond donors (Lipinski definition) is 3. The minimum absolute atomic E-state index is 0.0894. The first-order valence-electron chi connectivity index (χ1n) is 11.7. The van der Waals surface area contributed by atoms with Crippen molar-refractivity contribution in [3.05, 3.63) is 88.2 Å². The van der Waals surface area contributed by atoms with Crippen molar-refractivity contribution in [3.8, 4) is 0 Å². The van der Waals surface area contributed by atoms with E-state index in [1.165, 1.54) is 6.08 Å². The van der Waals surface area contributed by atoms with Crippen molar-refractivity contribution in [1.29, 1.82) is 0 Å². The second-order valence-electron chi connectivity index (χ2n) is 8.90. The molecule has 2 heterocycles. The number of imide groups is 1. The van der Waals surface area contributed by atoms with Crippen LogP contribution in [0.2, 0.25) is 5.02 Å². The zero-order valence-corrected chi connectivity index (χ0v) is 20.7. The lowest BCUT2D eigenvalue weighted by Gasteiger charge is -2.29. The van der Waals surface area contributed by atoms with Gasteiger partial charge in [-0.05, 0) is 61.1 Å². The molecule has 3 N–H and O–H groups in total. The number of nitrogens with zero attached hydrogens (tertiary/aromatic N) is 1. The lowest BCUT2D eigenvalue weighted by Crippen LogP contribution is -2.52. The van der Waals surface area contributed by atoms with Crippen LogP contribution in [0.25, 0.3) is 0 Å². The minimum Gasteiger partial charge on any atom is -0.352 e. The highest BCUT2D eigenvalue weighted by atomic mass is 35.5. The van der Waals surface area contributed by atoms with E-state index in [9.17, 15) is 19.2 Å². The van der Waals surface area contributed by atoms with Crippen molar-refractivity contribution < 1.29 is 19.2 Å². The van der Waals surface area contributed by atoms with Crippen LogP contribution in [-0.4, -0.2) is 34.6 Å². The molecule has 8 nitrogen and oxygen atoms in total. The van der Waals surface area contributed by atoms with Gasteiger partial charge in [-0.25, -0.2) is 0 Å². The van der Waals surface area contributed by atoms with Crippen LogP contribution in [0.1, 0.15) is 36.0 Å². The molecule has 0 radical (unpaired) electrons. The van der Waals surface area contributed by atoms with Crippen LogP contribution in [0.15, 0.2) is 66.5 Å². The molecule has 2 aromatic rings. The lowest BCUT2D eigenvalue weighted by atomic mass is 10.0. The van der Waals surface area contributed by atoms with Gasteiger partial charge in [0.25, 0.3) is 11.8 Å².